The van der Waals surface area contributed by atoms with E-state index in [-0.39, 0.29) is 24.0 Å². The summed E-state index contributed by atoms with van der Waals surface area (Å²) in [5, 5.41) is 12.1. The van der Waals surface area contributed by atoms with Gasteiger partial charge < -0.3 is 29.6 Å². The number of piperidine rings is 1. The minimum absolute atomic E-state index is 0.126. The lowest BCUT2D eigenvalue weighted by molar-refractivity contribution is -0.134. The summed E-state index contributed by atoms with van der Waals surface area (Å²) < 4.78 is 9.99. The van der Waals surface area contributed by atoms with Gasteiger partial charge >= 0.3 is 0 Å². The van der Waals surface area contributed by atoms with E-state index in [0.29, 0.717) is 61.0 Å². The molecule has 2 aliphatic rings. The van der Waals surface area contributed by atoms with E-state index >= 15 is 0 Å². The van der Waals surface area contributed by atoms with Crippen LogP contribution in [0.4, 0.5) is 5.82 Å². The van der Waals surface area contributed by atoms with Crippen LogP contribution in [0.15, 0.2) is 30.9 Å². The normalized spacial score (nSPS) is 23.5. The number of nitrogens with zero attached hydrogens (tertiary/aromatic N) is 7. The lowest BCUT2D eigenvalue weighted by Gasteiger charge is -2.43. The molecule has 0 radical (unpaired) electrons. The number of hydrogen-bond acceptors (Lipinski definition) is 8. The molecule has 2 aliphatic heterocycles. The Bertz CT molecular complexity index is 1540. The third-order valence-electron chi connectivity index (χ3n) is 8.54. The standard InChI is InChI=1S/C27H33ClN8O3/c1-26(38)13-39-14-27(12-20(26)36-16-32-23-24(29)30-15-31-25(23)36)7-9-35(10-8-27)22(37)6-5-21-33-18-11-17(28)3-4-19(18)34(21)2/h3-4,11,15-16,20,38H,5-10,12-14H2,1-2H3,(H2,29,30,31)/t20-,26-/m1/s1. The molecule has 0 saturated carbocycles. The average molecular weight is 553 g/mol. The van der Waals surface area contributed by atoms with Crippen molar-refractivity contribution >= 4 is 45.5 Å². The predicted octanol–water partition coefficient (Wildman–Crippen LogP) is 2.90. The van der Waals surface area contributed by atoms with Gasteiger partial charge in [-0.2, -0.15) is 0 Å². The van der Waals surface area contributed by atoms with Crippen LogP contribution in [0.25, 0.3) is 22.2 Å². The van der Waals surface area contributed by atoms with Crippen LogP contribution in [-0.2, 0) is 23.0 Å². The SMILES string of the molecule is Cn1c(CCC(=O)N2CCC3(CC2)COC[C@@](C)(O)[C@H](n2cnc4c(N)ncnc42)C3)nc2cc(Cl)ccc21. The van der Waals surface area contributed by atoms with Crippen molar-refractivity contribution in [2.45, 2.75) is 50.7 Å². The first-order chi connectivity index (χ1) is 18.7. The fourth-order valence-corrected chi connectivity index (χ4v) is 6.32. The predicted molar refractivity (Wildman–Crippen MR) is 147 cm³/mol. The third kappa shape index (κ3) is 4.72. The Labute approximate surface area is 231 Å². The molecule has 0 aliphatic carbocycles. The monoisotopic (exact) mass is 552 g/mol. The highest BCUT2D eigenvalue weighted by molar-refractivity contribution is 6.31. The van der Waals surface area contributed by atoms with Crippen molar-refractivity contribution in [3.05, 3.63) is 41.7 Å². The highest BCUT2D eigenvalue weighted by Gasteiger charge is 2.47. The van der Waals surface area contributed by atoms with E-state index in [1.807, 2.05) is 39.3 Å². The van der Waals surface area contributed by atoms with Gasteiger partial charge in [0.05, 0.1) is 36.6 Å². The maximum Gasteiger partial charge on any atom is 0.223 e. The number of benzene rings is 1. The molecule has 0 unspecified atom stereocenters. The van der Waals surface area contributed by atoms with Crippen LogP contribution >= 0.6 is 11.6 Å². The summed E-state index contributed by atoms with van der Waals surface area (Å²) in [6.45, 7) is 3.82. The van der Waals surface area contributed by atoms with E-state index in [1.165, 1.54) is 6.33 Å². The molecule has 2 saturated heterocycles. The summed E-state index contributed by atoms with van der Waals surface area (Å²) in [6, 6.07) is 5.34. The molecule has 1 spiro atoms. The van der Waals surface area contributed by atoms with Gasteiger partial charge in [0.25, 0.3) is 0 Å². The van der Waals surface area contributed by atoms with Crippen molar-refractivity contribution in [2.75, 3.05) is 32.0 Å². The summed E-state index contributed by atoms with van der Waals surface area (Å²) in [7, 11) is 1.97. The molecule has 1 amide bonds. The Hall–Kier alpha value is -3.28. The molecule has 39 heavy (non-hydrogen) atoms. The van der Waals surface area contributed by atoms with E-state index in [9.17, 15) is 9.90 Å². The lowest BCUT2D eigenvalue weighted by atomic mass is 9.72. The summed E-state index contributed by atoms with van der Waals surface area (Å²) in [4.78, 5) is 32.7. The smallest absolute Gasteiger partial charge is 0.223 e. The molecule has 5 heterocycles. The van der Waals surface area contributed by atoms with Gasteiger partial charge in [-0.05, 0) is 49.8 Å². The zero-order chi connectivity index (χ0) is 27.4. The maximum atomic E-state index is 13.2. The van der Waals surface area contributed by atoms with Crippen LogP contribution in [-0.4, -0.2) is 76.9 Å². The number of halogens is 1. The number of aryl methyl sites for hydroxylation is 2. The summed E-state index contributed by atoms with van der Waals surface area (Å²) in [5.74, 6) is 1.31. The zero-order valence-electron chi connectivity index (χ0n) is 22.2. The fraction of sp³-hybridized carbons (Fsp3) is 0.519. The molecular weight excluding hydrogens is 520 g/mol. The molecule has 6 rings (SSSR count). The average Bonchev–Trinajstić information content (AvgIpc) is 3.44. The largest absolute Gasteiger partial charge is 0.386 e. The molecule has 0 bridgehead atoms. The van der Waals surface area contributed by atoms with Gasteiger partial charge in [0.2, 0.25) is 5.91 Å². The number of anilines is 1. The highest BCUT2D eigenvalue weighted by Crippen LogP contribution is 2.46. The number of amides is 1. The number of hydrogen-bond donors (Lipinski definition) is 2. The molecule has 2 atom stereocenters. The minimum atomic E-state index is -1.13. The van der Waals surface area contributed by atoms with E-state index in [4.69, 9.17) is 22.1 Å². The van der Waals surface area contributed by atoms with Gasteiger partial charge in [0.1, 0.15) is 23.3 Å². The van der Waals surface area contributed by atoms with Crippen molar-refractivity contribution in [1.82, 2.24) is 34.0 Å². The first-order valence-corrected chi connectivity index (χ1v) is 13.7. The van der Waals surface area contributed by atoms with Gasteiger partial charge in [-0.3, -0.25) is 4.79 Å². The van der Waals surface area contributed by atoms with Crippen LogP contribution in [0, 0.1) is 5.41 Å². The van der Waals surface area contributed by atoms with E-state index in [1.54, 1.807) is 13.3 Å². The van der Waals surface area contributed by atoms with Gasteiger partial charge in [-0.15, -0.1) is 0 Å². The first-order valence-electron chi connectivity index (χ1n) is 13.3. The first kappa shape index (κ1) is 26.0. The molecule has 11 nitrogen and oxygen atoms in total. The number of rotatable bonds is 4. The van der Waals surface area contributed by atoms with Gasteiger partial charge in [0.15, 0.2) is 11.5 Å². The van der Waals surface area contributed by atoms with Crippen LogP contribution in [0.5, 0.6) is 0 Å². The number of carbonyl (C=O) groups excluding carboxylic acids is 1. The van der Waals surface area contributed by atoms with Crippen LogP contribution in [0.1, 0.15) is 44.5 Å². The number of aromatic nitrogens is 6. The van der Waals surface area contributed by atoms with E-state index in [2.05, 4.69) is 19.9 Å². The second-order valence-electron chi connectivity index (χ2n) is 11.3. The van der Waals surface area contributed by atoms with Gasteiger partial charge in [-0.25, -0.2) is 19.9 Å². The van der Waals surface area contributed by atoms with Crippen LogP contribution in [0.3, 0.4) is 0 Å². The molecule has 1 aromatic carbocycles. The highest BCUT2D eigenvalue weighted by atomic mass is 35.5. The zero-order valence-corrected chi connectivity index (χ0v) is 22.9. The fourth-order valence-electron chi connectivity index (χ4n) is 6.16. The Balaban J connectivity index is 1.14. The van der Waals surface area contributed by atoms with E-state index in [0.717, 1.165) is 29.7 Å². The van der Waals surface area contributed by atoms with Crippen molar-refractivity contribution < 1.29 is 14.6 Å². The maximum absolute atomic E-state index is 13.2. The molecule has 4 aromatic rings. The van der Waals surface area contributed by atoms with Crippen molar-refractivity contribution in [3.8, 4) is 0 Å². The Kier molecular flexibility index (Phi) is 6.47. The van der Waals surface area contributed by atoms with Crippen molar-refractivity contribution in [3.63, 3.8) is 0 Å². The Morgan fingerprint density at radius 1 is 1.23 bits per heavy atom. The number of ether oxygens (including phenoxy) is 1. The van der Waals surface area contributed by atoms with Crippen molar-refractivity contribution in [2.24, 2.45) is 12.5 Å². The molecule has 206 valence electrons. The number of aliphatic hydroxyl groups is 1. The van der Waals surface area contributed by atoms with E-state index < -0.39 is 5.60 Å². The van der Waals surface area contributed by atoms with Gasteiger partial charge in [0, 0.05) is 38.0 Å². The molecule has 12 heteroatoms. The lowest BCUT2D eigenvalue weighted by Crippen LogP contribution is -2.46. The second kappa shape index (κ2) is 9.72. The second-order valence-corrected chi connectivity index (χ2v) is 11.7. The quantitative estimate of drug-likeness (QED) is 0.394. The molecule has 2 fully saturated rings. The Morgan fingerprint density at radius 3 is 2.82 bits per heavy atom. The van der Waals surface area contributed by atoms with Crippen LogP contribution < -0.4 is 5.73 Å². The van der Waals surface area contributed by atoms with Gasteiger partial charge in [-0.1, -0.05) is 11.6 Å². The number of carbonyl (C=O) groups is 1. The number of nitrogens with two attached hydrogens (primary N) is 1. The topological polar surface area (TPSA) is 137 Å². The molecule has 3 N–H and O–H groups in total. The third-order valence-corrected chi connectivity index (χ3v) is 8.78. The number of likely N-dealkylation sites (tertiary alicyclic amines) is 1. The van der Waals surface area contributed by atoms with Crippen LogP contribution in [0.2, 0.25) is 5.02 Å². The minimum Gasteiger partial charge on any atom is -0.386 e. The number of fused-ring (bicyclic) bond motifs is 2. The molecular formula is C27H33ClN8O3. The summed E-state index contributed by atoms with van der Waals surface area (Å²) in [5.41, 5.74) is 7.68. The Morgan fingerprint density at radius 2 is 2.03 bits per heavy atom. The molecule has 3 aromatic heterocycles. The summed E-state index contributed by atoms with van der Waals surface area (Å²) >= 11 is 6.12. The number of imidazole rings is 2. The van der Waals surface area contributed by atoms with Crippen molar-refractivity contribution in [1.29, 1.82) is 0 Å². The number of nitrogen functional groups attached to an aromatic ring is 1. The summed E-state index contributed by atoms with van der Waals surface area (Å²) in [6.07, 6.45) is 6.32.